The number of hydrogen-bond donors (Lipinski definition) is 0. The van der Waals surface area contributed by atoms with E-state index >= 15 is 0 Å². The number of phosphoric acid groups is 2. The van der Waals surface area contributed by atoms with Crippen molar-refractivity contribution in [1.29, 1.82) is 0 Å². The fourth-order valence-electron chi connectivity index (χ4n) is 4.58. The molecule has 4 atom stereocenters. The standard InChI is InChI=1S/2C16H35O4P.Fe/c2*1-5-7-9-11-13-15(3)19-21(17,18)20-16(4)14-12-10-8-6-2;/h2*15-16H,5-14H2,1-4H3,(H,17,18);/q;;+2/p-2. The van der Waals surface area contributed by atoms with E-state index in [-0.39, 0.29) is 41.5 Å². The van der Waals surface area contributed by atoms with Crippen molar-refractivity contribution in [3.8, 4) is 0 Å². The van der Waals surface area contributed by atoms with E-state index in [4.69, 9.17) is 18.1 Å². The predicted octanol–water partition coefficient (Wildman–Crippen LogP) is 10.4. The maximum absolute atomic E-state index is 11.8. The summed E-state index contributed by atoms with van der Waals surface area (Å²) in [6, 6.07) is 0. The first-order chi connectivity index (χ1) is 19.8. The van der Waals surface area contributed by atoms with Gasteiger partial charge in [0.05, 0.1) is 24.4 Å². The predicted molar refractivity (Wildman–Crippen MR) is 172 cm³/mol. The van der Waals surface area contributed by atoms with Crippen molar-refractivity contribution in [2.24, 2.45) is 0 Å². The molecule has 0 spiro atoms. The zero-order valence-corrected chi connectivity index (χ0v) is 31.9. The molecule has 43 heavy (non-hydrogen) atoms. The van der Waals surface area contributed by atoms with E-state index in [0.29, 0.717) is 0 Å². The van der Waals surface area contributed by atoms with E-state index in [1.54, 1.807) is 27.7 Å². The minimum Gasteiger partial charge on any atom is -0.756 e. The van der Waals surface area contributed by atoms with Crippen LogP contribution in [0.25, 0.3) is 0 Å². The van der Waals surface area contributed by atoms with Gasteiger partial charge in [-0.25, -0.2) is 0 Å². The van der Waals surface area contributed by atoms with E-state index in [1.807, 2.05) is 0 Å². The molecule has 0 saturated carbocycles. The van der Waals surface area contributed by atoms with Crippen molar-refractivity contribution < 1.29 is 54.1 Å². The molecular weight excluding hydrogens is 630 g/mol. The van der Waals surface area contributed by atoms with Crippen LogP contribution in [0.15, 0.2) is 0 Å². The molecule has 0 radical (unpaired) electrons. The van der Waals surface area contributed by atoms with Gasteiger partial charge in [-0.15, -0.1) is 0 Å². The molecule has 0 rings (SSSR count). The molecule has 0 aromatic carbocycles. The van der Waals surface area contributed by atoms with Gasteiger partial charge in [0.15, 0.2) is 0 Å². The number of rotatable bonds is 28. The smallest absolute Gasteiger partial charge is 0.756 e. The van der Waals surface area contributed by atoms with Gasteiger partial charge >= 0.3 is 17.1 Å². The van der Waals surface area contributed by atoms with Gasteiger partial charge in [-0.2, -0.15) is 0 Å². The van der Waals surface area contributed by atoms with Gasteiger partial charge in [0.1, 0.15) is 0 Å². The van der Waals surface area contributed by atoms with Gasteiger partial charge < -0.3 is 27.9 Å². The molecule has 0 aromatic rings. The van der Waals surface area contributed by atoms with Gasteiger partial charge in [0.25, 0.3) is 15.6 Å². The van der Waals surface area contributed by atoms with Gasteiger partial charge in [0, 0.05) is 0 Å². The molecule has 0 N–H and O–H groups in total. The normalized spacial score (nSPS) is 17.0. The summed E-state index contributed by atoms with van der Waals surface area (Å²) >= 11 is 0. The van der Waals surface area contributed by atoms with Crippen LogP contribution in [0.2, 0.25) is 0 Å². The fourth-order valence-corrected chi connectivity index (χ4v) is 6.86. The Balaban J connectivity index is -0.000000727. The Labute approximate surface area is 277 Å². The van der Waals surface area contributed by atoms with Crippen LogP contribution in [-0.2, 0) is 44.3 Å². The Morgan fingerprint density at radius 3 is 0.767 bits per heavy atom. The topological polar surface area (TPSA) is 117 Å². The first kappa shape index (κ1) is 48.1. The third-order valence-corrected chi connectivity index (χ3v) is 9.57. The maximum Gasteiger partial charge on any atom is 2.00 e. The van der Waals surface area contributed by atoms with Crippen LogP contribution in [0.1, 0.15) is 184 Å². The second-order valence-electron chi connectivity index (χ2n) is 12.0. The first-order valence-electron chi connectivity index (χ1n) is 17.2. The molecule has 0 heterocycles. The molecule has 0 bridgehead atoms. The Kier molecular flexibility index (Phi) is 35.1. The van der Waals surface area contributed by atoms with E-state index in [2.05, 4.69) is 27.7 Å². The van der Waals surface area contributed by atoms with Crippen molar-refractivity contribution in [3.63, 3.8) is 0 Å². The Bertz CT molecular complexity index is 582. The van der Waals surface area contributed by atoms with Crippen LogP contribution in [-0.4, -0.2) is 24.4 Å². The molecule has 4 unspecified atom stereocenters. The van der Waals surface area contributed by atoms with E-state index < -0.39 is 15.6 Å². The summed E-state index contributed by atoms with van der Waals surface area (Å²) in [7, 11) is -8.33. The van der Waals surface area contributed by atoms with E-state index in [9.17, 15) is 18.9 Å². The zero-order chi connectivity index (χ0) is 32.3. The van der Waals surface area contributed by atoms with Crippen LogP contribution in [0.4, 0.5) is 0 Å². The average Bonchev–Trinajstić information content (AvgIpc) is 2.89. The van der Waals surface area contributed by atoms with Crippen LogP contribution >= 0.6 is 15.6 Å². The minimum absolute atomic E-state index is 0. The third kappa shape index (κ3) is 35.4. The first-order valence-corrected chi connectivity index (χ1v) is 20.1. The number of unbranched alkanes of at least 4 members (excludes halogenated alkanes) is 12. The van der Waals surface area contributed by atoms with Crippen LogP contribution in [0, 0.1) is 0 Å². The largest absolute Gasteiger partial charge is 2.00 e. The van der Waals surface area contributed by atoms with Crippen molar-refractivity contribution >= 4 is 15.6 Å². The molecule has 0 aromatic heterocycles. The van der Waals surface area contributed by atoms with Crippen LogP contribution in [0.5, 0.6) is 0 Å². The van der Waals surface area contributed by atoms with Gasteiger partial charge in [0.2, 0.25) is 0 Å². The van der Waals surface area contributed by atoms with Crippen LogP contribution in [0.3, 0.4) is 0 Å². The third-order valence-electron chi connectivity index (χ3n) is 7.09. The Hall–Kier alpha value is 0.739. The number of phosphoric ester groups is 2. The average molecular weight is 699 g/mol. The van der Waals surface area contributed by atoms with Crippen molar-refractivity contribution in [2.45, 2.75) is 208 Å². The fraction of sp³-hybridized carbons (Fsp3) is 1.00. The van der Waals surface area contributed by atoms with Crippen molar-refractivity contribution in [3.05, 3.63) is 0 Å². The summed E-state index contributed by atoms with van der Waals surface area (Å²) < 4.78 is 44.0. The number of hydrogen-bond acceptors (Lipinski definition) is 8. The molecular formula is C32H68FeO8P2. The van der Waals surface area contributed by atoms with Crippen molar-refractivity contribution in [1.82, 2.24) is 0 Å². The Morgan fingerprint density at radius 2 is 0.605 bits per heavy atom. The van der Waals surface area contributed by atoms with Gasteiger partial charge in [-0.1, -0.05) is 130 Å². The molecule has 0 saturated heterocycles. The summed E-state index contributed by atoms with van der Waals surface area (Å²) in [6.45, 7) is 15.8. The quantitative estimate of drug-likeness (QED) is 0.0450. The van der Waals surface area contributed by atoms with Crippen molar-refractivity contribution in [2.75, 3.05) is 0 Å². The SMILES string of the molecule is CCCCCCC(C)OP(=O)([O-])OC(C)CCCCCC.CCCCCCC(C)OP(=O)([O-])OC(C)CCCCCC.[Fe+2]. The van der Waals surface area contributed by atoms with Gasteiger partial charge in [-0.3, -0.25) is 9.13 Å². The summed E-state index contributed by atoms with van der Waals surface area (Å²) in [5.74, 6) is 0. The summed E-state index contributed by atoms with van der Waals surface area (Å²) in [4.78, 5) is 23.6. The molecule has 0 aliphatic rings. The molecule has 0 fully saturated rings. The van der Waals surface area contributed by atoms with Crippen LogP contribution < -0.4 is 9.79 Å². The molecule has 11 heteroatoms. The second-order valence-corrected chi connectivity index (χ2v) is 14.6. The van der Waals surface area contributed by atoms with E-state index in [1.165, 1.54) is 51.4 Å². The monoisotopic (exact) mass is 698 g/mol. The summed E-state index contributed by atoms with van der Waals surface area (Å²) in [5.41, 5.74) is 0. The molecule has 0 amide bonds. The van der Waals surface area contributed by atoms with E-state index in [0.717, 1.165) is 77.0 Å². The summed E-state index contributed by atoms with van der Waals surface area (Å²) in [5, 5.41) is 0. The molecule has 262 valence electrons. The minimum atomic E-state index is -4.17. The van der Waals surface area contributed by atoms with Gasteiger partial charge in [-0.05, 0) is 53.4 Å². The zero-order valence-electron chi connectivity index (χ0n) is 29.0. The molecule has 0 aliphatic heterocycles. The molecule has 0 aliphatic carbocycles. The maximum atomic E-state index is 11.8. The second kappa shape index (κ2) is 31.3. The molecule has 8 nitrogen and oxygen atoms in total. The Morgan fingerprint density at radius 1 is 0.419 bits per heavy atom. The summed E-state index contributed by atoms with van der Waals surface area (Å²) in [6.07, 6.45) is 19.8.